The van der Waals surface area contributed by atoms with Gasteiger partial charge in [0.05, 0.1) is 29.1 Å². The van der Waals surface area contributed by atoms with Crippen LogP contribution in [0.2, 0.25) is 0 Å². The number of amides is 1. The van der Waals surface area contributed by atoms with Crippen LogP contribution in [0, 0.1) is 26.1 Å². The van der Waals surface area contributed by atoms with Gasteiger partial charge in [0.2, 0.25) is 10.0 Å². The molecule has 0 spiro atoms. The molecule has 0 aliphatic heterocycles. The van der Waals surface area contributed by atoms with Gasteiger partial charge in [-0.1, -0.05) is 26.0 Å². The maximum absolute atomic E-state index is 13.2. The summed E-state index contributed by atoms with van der Waals surface area (Å²) in [7, 11) is -3.08. The fourth-order valence-electron chi connectivity index (χ4n) is 3.40. The number of carboxylic acids is 1. The smallest absolute Gasteiger partial charge is 0.408 e. The van der Waals surface area contributed by atoms with Gasteiger partial charge in [-0.2, -0.15) is 4.31 Å². The molecule has 2 atom stereocenters. The number of hydrogen-bond acceptors (Lipinski definition) is 10. The van der Waals surface area contributed by atoms with Gasteiger partial charge in [0.1, 0.15) is 6.61 Å². The number of carbonyl (C=O) groups excluding carboxylic acids is 1. The molecule has 0 bridgehead atoms. The molecule has 0 unspecified atom stereocenters. The van der Waals surface area contributed by atoms with Gasteiger partial charge in [0.15, 0.2) is 10.9 Å². The molecule has 0 aliphatic carbocycles. The van der Waals surface area contributed by atoms with E-state index in [9.17, 15) is 43.3 Å². The van der Waals surface area contributed by atoms with Crippen LogP contribution in [0.5, 0.6) is 0 Å². The summed E-state index contributed by atoms with van der Waals surface area (Å²) in [5.41, 5.74) is -0.303. The van der Waals surface area contributed by atoms with Crippen LogP contribution in [0.3, 0.4) is 0 Å². The van der Waals surface area contributed by atoms with E-state index in [0.29, 0.717) is 5.56 Å². The van der Waals surface area contributed by atoms with Gasteiger partial charge in [-0.15, -0.1) is 0 Å². The van der Waals surface area contributed by atoms with Crippen LogP contribution in [-0.2, 0) is 30.9 Å². The summed E-state index contributed by atoms with van der Waals surface area (Å²) in [6.07, 6.45) is -1.08. The lowest BCUT2D eigenvalue weighted by Crippen LogP contribution is -2.47. The number of likely N-dealkylation sites (N-methyl/N-ethyl adjacent to an activating group) is 1. The summed E-state index contributed by atoms with van der Waals surface area (Å²) in [5, 5.41) is 33.6. The highest BCUT2D eigenvalue weighted by molar-refractivity contribution is 7.89. The van der Waals surface area contributed by atoms with Crippen molar-refractivity contribution in [1.29, 1.82) is 0 Å². The molecule has 0 fully saturated rings. The zero-order chi connectivity index (χ0) is 29.3. The lowest BCUT2D eigenvalue weighted by Gasteiger charge is -2.30. The Balaban J connectivity index is 2.01. The fraction of sp³-hybridized carbons (Fsp3) is 0.391. The summed E-state index contributed by atoms with van der Waals surface area (Å²) < 4.78 is 37.7. The minimum absolute atomic E-state index is 0.147. The number of aliphatic carboxylic acids is 1. The van der Waals surface area contributed by atoms with Gasteiger partial charge in [-0.25, -0.2) is 18.0 Å². The van der Waals surface area contributed by atoms with E-state index in [-0.39, 0.29) is 24.8 Å². The zero-order valence-corrected chi connectivity index (χ0v) is 22.1. The number of nitrogens with zero attached hydrogens (tertiary/aromatic N) is 3. The molecular weight excluding hydrogens is 540 g/mol. The van der Waals surface area contributed by atoms with Crippen molar-refractivity contribution >= 4 is 33.5 Å². The second kappa shape index (κ2) is 13.6. The molecule has 0 radical (unpaired) electrons. The first-order chi connectivity index (χ1) is 18.2. The van der Waals surface area contributed by atoms with E-state index in [4.69, 9.17) is 9.47 Å². The van der Waals surface area contributed by atoms with Crippen molar-refractivity contribution in [3.05, 3.63) is 74.3 Å². The van der Waals surface area contributed by atoms with Gasteiger partial charge in [-0.05, 0) is 29.7 Å². The molecular formula is C23H28N4O11S. The van der Waals surface area contributed by atoms with E-state index < -0.39 is 61.2 Å². The summed E-state index contributed by atoms with van der Waals surface area (Å²) in [4.78, 5) is 43.9. The number of sulfonamides is 1. The number of rotatable bonds is 14. The predicted octanol–water partition coefficient (Wildman–Crippen LogP) is 2.54. The molecule has 2 aromatic rings. The Labute approximate surface area is 223 Å². The van der Waals surface area contributed by atoms with Crippen LogP contribution >= 0.6 is 0 Å². The van der Waals surface area contributed by atoms with Crippen LogP contribution in [0.15, 0.2) is 53.4 Å². The number of benzene rings is 2. The third kappa shape index (κ3) is 8.42. The van der Waals surface area contributed by atoms with Crippen molar-refractivity contribution in [1.82, 2.24) is 9.62 Å². The highest BCUT2D eigenvalue weighted by atomic mass is 32.2. The van der Waals surface area contributed by atoms with Gasteiger partial charge in [0.25, 0.3) is 11.4 Å². The second-order valence-corrected chi connectivity index (χ2v) is 10.6. The molecule has 39 heavy (non-hydrogen) atoms. The van der Waals surface area contributed by atoms with E-state index in [2.05, 4.69) is 5.32 Å². The molecule has 1 amide bonds. The SMILES string of the molecule is CC(C)[C@@H](COC[C@@H](NC(=O)OCc1ccc([N+](=O)[O-])cc1)C(=O)O)N(C)S(=O)(=O)c1ccccc1[N+](=O)[O-]. The average Bonchev–Trinajstić information content (AvgIpc) is 2.88. The summed E-state index contributed by atoms with van der Waals surface area (Å²) in [6.45, 7) is 2.30. The minimum atomic E-state index is -4.32. The van der Waals surface area contributed by atoms with E-state index in [1.165, 1.54) is 43.4 Å². The summed E-state index contributed by atoms with van der Waals surface area (Å²) in [5.74, 6) is -1.78. The van der Waals surface area contributed by atoms with Crippen LogP contribution in [0.25, 0.3) is 0 Å². The van der Waals surface area contributed by atoms with Crippen molar-refractivity contribution in [2.45, 2.75) is 37.4 Å². The molecule has 2 rings (SSSR count). The minimum Gasteiger partial charge on any atom is -0.480 e. The number of nitrogens with one attached hydrogen (secondary N) is 1. The van der Waals surface area contributed by atoms with Crippen molar-refractivity contribution in [2.75, 3.05) is 20.3 Å². The molecule has 0 aliphatic rings. The number of carboxylic acid groups (broad SMARTS) is 1. The first kappa shape index (κ1) is 31.1. The topological polar surface area (TPSA) is 209 Å². The Morgan fingerprint density at radius 1 is 1.03 bits per heavy atom. The Morgan fingerprint density at radius 3 is 2.18 bits per heavy atom. The van der Waals surface area contributed by atoms with Gasteiger partial charge < -0.3 is 19.9 Å². The fourth-order valence-corrected chi connectivity index (χ4v) is 5.03. The number of nitro groups is 2. The quantitative estimate of drug-likeness (QED) is 0.250. The summed E-state index contributed by atoms with van der Waals surface area (Å²) in [6, 6.07) is 7.73. The average molecular weight is 569 g/mol. The van der Waals surface area contributed by atoms with Crippen LogP contribution in [0.1, 0.15) is 19.4 Å². The van der Waals surface area contributed by atoms with Crippen molar-refractivity contribution in [3.8, 4) is 0 Å². The van der Waals surface area contributed by atoms with Gasteiger partial charge in [0, 0.05) is 25.2 Å². The van der Waals surface area contributed by atoms with Crippen LogP contribution in [0.4, 0.5) is 16.2 Å². The third-order valence-corrected chi connectivity index (χ3v) is 7.57. The number of para-hydroxylation sites is 1. The number of ether oxygens (including phenoxy) is 2. The normalized spacial score (nSPS) is 13.1. The largest absolute Gasteiger partial charge is 0.480 e. The van der Waals surface area contributed by atoms with E-state index in [1.54, 1.807) is 13.8 Å². The monoisotopic (exact) mass is 568 g/mol. The molecule has 15 nitrogen and oxygen atoms in total. The Bertz CT molecular complexity index is 1300. The number of non-ortho nitro benzene ring substituents is 1. The number of nitro benzene ring substituents is 2. The predicted molar refractivity (Wildman–Crippen MR) is 135 cm³/mol. The van der Waals surface area contributed by atoms with E-state index in [1.807, 2.05) is 0 Å². The van der Waals surface area contributed by atoms with E-state index in [0.717, 1.165) is 16.4 Å². The van der Waals surface area contributed by atoms with Gasteiger partial charge >= 0.3 is 12.1 Å². The maximum atomic E-state index is 13.2. The molecule has 2 aromatic carbocycles. The lowest BCUT2D eigenvalue weighted by molar-refractivity contribution is -0.387. The number of carbonyl (C=O) groups is 2. The lowest BCUT2D eigenvalue weighted by atomic mass is 10.1. The molecule has 212 valence electrons. The molecule has 16 heteroatoms. The Kier molecular flexibility index (Phi) is 10.8. The highest BCUT2D eigenvalue weighted by Gasteiger charge is 2.35. The standard InChI is InChI=1S/C23H28N4O11S/c1-15(2)20(25(3)39(35,36)21-7-5-4-6-19(21)27(33)34)14-37-13-18(22(28)29)24-23(30)38-12-16-8-10-17(11-9-16)26(31)32/h4-11,15,18,20H,12-14H2,1-3H3,(H,24,30)(H,28,29)/t18-,20-/m1/s1. The van der Waals surface area contributed by atoms with Crippen LogP contribution < -0.4 is 5.32 Å². The van der Waals surface area contributed by atoms with Crippen LogP contribution in [-0.4, -0.2) is 72.1 Å². The maximum Gasteiger partial charge on any atom is 0.408 e. The molecule has 0 aromatic heterocycles. The van der Waals surface area contributed by atoms with Crippen molar-refractivity contribution in [3.63, 3.8) is 0 Å². The first-order valence-electron chi connectivity index (χ1n) is 11.4. The van der Waals surface area contributed by atoms with Crippen molar-refractivity contribution < 1.29 is 42.4 Å². The third-order valence-electron chi connectivity index (χ3n) is 5.64. The molecule has 2 N–H and O–H groups in total. The number of alkyl carbamates (subject to hydrolysis) is 1. The van der Waals surface area contributed by atoms with E-state index >= 15 is 0 Å². The Hall–Kier alpha value is -4.15. The highest BCUT2D eigenvalue weighted by Crippen LogP contribution is 2.28. The Morgan fingerprint density at radius 2 is 1.64 bits per heavy atom. The molecule has 0 saturated heterocycles. The first-order valence-corrected chi connectivity index (χ1v) is 12.9. The summed E-state index contributed by atoms with van der Waals surface area (Å²) >= 11 is 0. The van der Waals surface area contributed by atoms with Crippen molar-refractivity contribution in [2.24, 2.45) is 5.92 Å². The zero-order valence-electron chi connectivity index (χ0n) is 21.3. The second-order valence-electron chi connectivity index (χ2n) is 8.63. The number of hydrogen-bond donors (Lipinski definition) is 2. The van der Waals surface area contributed by atoms with Gasteiger partial charge in [-0.3, -0.25) is 20.2 Å². The molecule has 0 saturated carbocycles. The molecule has 0 heterocycles.